The number of nitrogens with one attached hydrogen (secondary N) is 2. The maximum Gasteiger partial charge on any atom is 0.412 e. The van der Waals surface area contributed by atoms with Crippen molar-refractivity contribution in [3.05, 3.63) is 23.3 Å². The number of fused-ring (bicyclic) bond motifs is 1. The van der Waals surface area contributed by atoms with Crippen LogP contribution in [0.5, 0.6) is 5.75 Å². The second kappa shape index (κ2) is 5.53. The van der Waals surface area contributed by atoms with Crippen molar-refractivity contribution in [3.8, 4) is 5.75 Å². The van der Waals surface area contributed by atoms with Crippen LogP contribution in [0.2, 0.25) is 0 Å². The minimum absolute atomic E-state index is 0.473. The third-order valence-corrected chi connectivity index (χ3v) is 3.11. The van der Waals surface area contributed by atoms with Crippen LogP contribution in [0.1, 0.15) is 24.0 Å². The van der Waals surface area contributed by atoms with Gasteiger partial charge in [-0.15, -0.1) is 0 Å². The number of carbonyl (C=O) groups excluding carboxylic acids is 2. The summed E-state index contributed by atoms with van der Waals surface area (Å²) >= 11 is 0. The number of rotatable bonds is 3. The second-order valence-electron chi connectivity index (χ2n) is 4.18. The Morgan fingerprint density at radius 3 is 2.67 bits per heavy atom. The molecule has 2 N–H and O–H groups in total. The first-order valence-corrected chi connectivity index (χ1v) is 6.00. The highest BCUT2D eigenvalue weighted by Crippen LogP contribution is 2.34. The van der Waals surface area contributed by atoms with Gasteiger partial charge in [-0.05, 0) is 43.4 Å². The van der Waals surface area contributed by atoms with E-state index in [0.29, 0.717) is 12.2 Å². The highest BCUT2D eigenvalue weighted by molar-refractivity contribution is 5.77. The van der Waals surface area contributed by atoms with E-state index in [4.69, 9.17) is 4.74 Å². The lowest BCUT2D eigenvalue weighted by atomic mass is 9.89. The van der Waals surface area contributed by atoms with E-state index in [-0.39, 0.29) is 0 Å². The maximum atomic E-state index is 11.3. The molecule has 0 aliphatic heterocycles. The molecule has 5 heteroatoms. The van der Waals surface area contributed by atoms with Crippen LogP contribution in [0.4, 0.5) is 10.5 Å². The van der Waals surface area contributed by atoms with E-state index in [2.05, 4.69) is 10.6 Å². The predicted molar refractivity (Wildman–Crippen MR) is 67.9 cm³/mol. The largest absolute Gasteiger partial charge is 0.412 e. The zero-order valence-corrected chi connectivity index (χ0v) is 10.3. The summed E-state index contributed by atoms with van der Waals surface area (Å²) in [4.78, 5) is 21.8. The first kappa shape index (κ1) is 12.4. The molecule has 0 atom stereocenters. The normalized spacial score (nSPS) is 13.4. The standard InChI is InChI=1S/C13H16N2O3/c1-14-13(17)18-12-7-6-11(15-8-16)9-4-2-3-5-10(9)12/h6-8H,2-5H2,1H3,(H,14,17)(H,15,16). The number of benzene rings is 1. The fourth-order valence-electron chi connectivity index (χ4n) is 2.28. The lowest BCUT2D eigenvalue weighted by molar-refractivity contribution is -0.105. The van der Waals surface area contributed by atoms with Crippen molar-refractivity contribution in [3.63, 3.8) is 0 Å². The zero-order chi connectivity index (χ0) is 13.0. The highest BCUT2D eigenvalue weighted by Gasteiger charge is 2.19. The average Bonchev–Trinajstić information content (AvgIpc) is 2.41. The Morgan fingerprint density at radius 1 is 1.28 bits per heavy atom. The Hall–Kier alpha value is -2.04. The Morgan fingerprint density at radius 2 is 2.00 bits per heavy atom. The van der Waals surface area contributed by atoms with E-state index in [0.717, 1.165) is 42.5 Å². The topological polar surface area (TPSA) is 67.4 Å². The molecule has 0 bridgehead atoms. The summed E-state index contributed by atoms with van der Waals surface area (Å²) in [6.45, 7) is 0. The minimum atomic E-state index is -0.473. The summed E-state index contributed by atoms with van der Waals surface area (Å²) in [6.07, 6.45) is 4.13. The summed E-state index contributed by atoms with van der Waals surface area (Å²) in [7, 11) is 1.52. The Kier molecular flexibility index (Phi) is 3.82. The van der Waals surface area contributed by atoms with Crippen LogP contribution in [0, 0.1) is 0 Å². The first-order valence-electron chi connectivity index (χ1n) is 6.00. The zero-order valence-electron chi connectivity index (χ0n) is 10.3. The molecule has 1 aromatic rings. The molecule has 0 fully saturated rings. The van der Waals surface area contributed by atoms with Crippen molar-refractivity contribution < 1.29 is 14.3 Å². The summed E-state index contributed by atoms with van der Waals surface area (Å²) in [5.74, 6) is 0.584. The monoisotopic (exact) mass is 248 g/mol. The van der Waals surface area contributed by atoms with Gasteiger partial charge in [-0.25, -0.2) is 4.79 Å². The van der Waals surface area contributed by atoms with E-state index < -0.39 is 6.09 Å². The van der Waals surface area contributed by atoms with E-state index in [9.17, 15) is 9.59 Å². The number of hydrogen-bond donors (Lipinski definition) is 2. The molecule has 1 aromatic carbocycles. The molecule has 0 aromatic heterocycles. The molecule has 2 amide bonds. The van der Waals surface area contributed by atoms with Crippen LogP contribution in [-0.2, 0) is 17.6 Å². The van der Waals surface area contributed by atoms with Gasteiger partial charge in [0.15, 0.2) is 0 Å². The molecule has 18 heavy (non-hydrogen) atoms. The summed E-state index contributed by atoms with van der Waals surface area (Å²) in [5, 5.41) is 5.12. The molecule has 2 rings (SSSR count). The van der Waals surface area contributed by atoms with Crippen molar-refractivity contribution in [2.45, 2.75) is 25.7 Å². The fourth-order valence-corrected chi connectivity index (χ4v) is 2.28. The van der Waals surface area contributed by atoms with Gasteiger partial charge in [-0.2, -0.15) is 0 Å². The Bertz CT molecular complexity index is 472. The van der Waals surface area contributed by atoms with Crippen LogP contribution in [-0.4, -0.2) is 19.6 Å². The number of amides is 2. The van der Waals surface area contributed by atoms with Gasteiger partial charge in [0.2, 0.25) is 6.41 Å². The quantitative estimate of drug-likeness (QED) is 0.802. The van der Waals surface area contributed by atoms with Gasteiger partial charge < -0.3 is 15.4 Å². The third-order valence-electron chi connectivity index (χ3n) is 3.11. The second-order valence-corrected chi connectivity index (χ2v) is 4.18. The molecule has 5 nitrogen and oxygen atoms in total. The van der Waals surface area contributed by atoms with Crippen LogP contribution >= 0.6 is 0 Å². The number of hydrogen-bond acceptors (Lipinski definition) is 3. The molecule has 0 heterocycles. The SMILES string of the molecule is CNC(=O)Oc1ccc(NC=O)c2c1CCCC2. The Balaban J connectivity index is 2.37. The molecular formula is C13H16N2O3. The molecule has 96 valence electrons. The number of ether oxygens (including phenoxy) is 1. The van der Waals surface area contributed by atoms with Gasteiger partial charge in [-0.3, -0.25) is 4.79 Å². The average molecular weight is 248 g/mol. The molecular weight excluding hydrogens is 232 g/mol. The minimum Gasteiger partial charge on any atom is -0.410 e. The molecule has 0 radical (unpaired) electrons. The van der Waals surface area contributed by atoms with Gasteiger partial charge in [0, 0.05) is 18.3 Å². The molecule has 1 aliphatic rings. The van der Waals surface area contributed by atoms with E-state index in [1.807, 2.05) is 0 Å². The van der Waals surface area contributed by atoms with Crippen LogP contribution in [0.3, 0.4) is 0 Å². The van der Waals surface area contributed by atoms with Gasteiger partial charge in [0.05, 0.1) is 0 Å². The lowest BCUT2D eigenvalue weighted by Gasteiger charge is -2.21. The fraction of sp³-hybridized carbons (Fsp3) is 0.385. The van der Waals surface area contributed by atoms with Crippen molar-refractivity contribution in [2.75, 3.05) is 12.4 Å². The van der Waals surface area contributed by atoms with E-state index >= 15 is 0 Å². The van der Waals surface area contributed by atoms with Crippen LogP contribution in [0.25, 0.3) is 0 Å². The molecule has 0 saturated heterocycles. The smallest absolute Gasteiger partial charge is 0.410 e. The molecule has 1 aliphatic carbocycles. The number of carbonyl (C=O) groups is 2. The van der Waals surface area contributed by atoms with Crippen molar-refractivity contribution in [1.82, 2.24) is 5.32 Å². The van der Waals surface area contributed by atoms with Crippen molar-refractivity contribution >= 4 is 18.2 Å². The summed E-state index contributed by atoms with van der Waals surface area (Å²) < 4.78 is 5.23. The van der Waals surface area contributed by atoms with Crippen molar-refractivity contribution in [1.29, 1.82) is 0 Å². The van der Waals surface area contributed by atoms with Gasteiger partial charge in [-0.1, -0.05) is 0 Å². The van der Waals surface area contributed by atoms with Gasteiger partial charge in [0.25, 0.3) is 0 Å². The van der Waals surface area contributed by atoms with Crippen molar-refractivity contribution in [2.24, 2.45) is 0 Å². The maximum absolute atomic E-state index is 11.3. The predicted octanol–water partition coefficient (Wildman–Crippen LogP) is 1.85. The molecule has 0 unspecified atom stereocenters. The third kappa shape index (κ3) is 2.45. The van der Waals surface area contributed by atoms with Gasteiger partial charge >= 0.3 is 6.09 Å². The summed E-state index contributed by atoms with van der Waals surface area (Å²) in [6, 6.07) is 3.50. The van der Waals surface area contributed by atoms with Crippen LogP contribution < -0.4 is 15.4 Å². The molecule has 0 saturated carbocycles. The van der Waals surface area contributed by atoms with Crippen LogP contribution in [0.15, 0.2) is 12.1 Å². The highest BCUT2D eigenvalue weighted by atomic mass is 16.6. The first-order chi connectivity index (χ1) is 8.76. The van der Waals surface area contributed by atoms with Gasteiger partial charge in [0.1, 0.15) is 5.75 Å². The lowest BCUT2D eigenvalue weighted by Crippen LogP contribution is -2.23. The number of anilines is 1. The van der Waals surface area contributed by atoms with E-state index in [1.165, 1.54) is 7.05 Å². The Labute approximate surface area is 106 Å². The van der Waals surface area contributed by atoms with E-state index in [1.54, 1.807) is 12.1 Å². The molecule has 0 spiro atoms. The summed E-state index contributed by atoms with van der Waals surface area (Å²) in [5.41, 5.74) is 2.91.